The van der Waals surface area contributed by atoms with E-state index in [2.05, 4.69) is 5.10 Å². The fourth-order valence-electron chi connectivity index (χ4n) is 2.53. The van der Waals surface area contributed by atoms with Gasteiger partial charge in [-0.3, -0.25) is 9.48 Å². The van der Waals surface area contributed by atoms with E-state index in [1.54, 1.807) is 22.8 Å². The van der Waals surface area contributed by atoms with Crippen LogP contribution in [0.1, 0.15) is 36.2 Å². The Morgan fingerprint density at radius 1 is 1.61 bits per heavy atom. The molecule has 1 fully saturated rings. The lowest BCUT2D eigenvalue weighted by Crippen LogP contribution is -2.44. The van der Waals surface area contributed by atoms with E-state index in [1.807, 2.05) is 0 Å². The standard InChI is InChI=1S/C12H20N4O2/c1-15-8-10(13)11(14-15)12(18)16-6-3-2-4-9(16)5-7-17/h8-9,17H,2-7,13H2,1H3. The molecule has 0 spiro atoms. The number of carbonyl (C=O) groups excluding carboxylic acids is 1. The quantitative estimate of drug-likeness (QED) is 0.814. The minimum Gasteiger partial charge on any atom is -0.396 e. The predicted molar refractivity (Wildman–Crippen MR) is 68.0 cm³/mol. The Bertz CT molecular complexity index is 428. The summed E-state index contributed by atoms with van der Waals surface area (Å²) in [6, 6.07) is 0.109. The molecule has 3 N–H and O–H groups in total. The summed E-state index contributed by atoms with van der Waals surface area (Å²) in [5, 5.41) is 13.2. The fraction of sp³-hybridized carbons (Fsp3) is 0.667. The molecule has 1 aromatic heterocycles. The van der Waals surface area contributed by atoms with Crippen molar-refractivity contribution in [3.05, 3.63) is 11.9 Å². The van der Waals surface area contributed by atoms with E-state index in [1.165, 1.54) is 0 Å². The summed E-state index contributed by atoms with van der Waals surface area (Å²) in [4.78, 5) is 14.2. The summed E-state index contributed by atoms with van der Waals surface area (Å²) < 4.78 is 1.55. The number of nitrogen functional groups attached to an aromatic ring is 1. The van der Waals surface area contributed by atoms with Crippen molar-refractivity contribution in [2.45, 2.75) is 31.7 Å². The Morgan fingerprint density at radius 2 is 2.39 bits per heavy atom. The third-order valence-electron chi connectivity index (χ3n) is 3.41. The largest absolute Gasteiger partial charge is 0.396 e. The van der Waals surface area contributed by atoms with Crippen molar-refractivity contribution < 1.29 is 9.90 Å². The van der Waals surface area contributed by atoms with Gasteiger partial charge >= 0.3 is 0 Å². The predicted octanol–water partition coefficient (Wildman–Crippen LogP) is 0.379. The number of nitrogens with zero attached hydrogens (tertiary/aromatic N) is 3. The lowest BCUT2D eigenvalue weighted by atomic mass is 9.99. The van der Waals surface area contributed by atoms with Crippen LogP contribution in [0.15, 0.2) is 6.20 Å². The molecule has 1 saturated heterocycles. The molecular formula is C12H20N4O2. The van der Waals surface area contributed by atoms with Crippen molar-refractivity contribution in [3.8, 4) is 0 Å². The van der Waals surface area contributed by atoms with E-state index in [0.717, 1.165) is 25.8 Å². The number of aryl methyl sites for hydroxylation is 1. The van der Waals surface area contributed by atoms with E-state index in [9.17, 15) is 4.79 Å². The highest BCUT2D eigenvalue weighted by molar-refractivity contribution is 5.97. The smallest absolute Gasteiger partial charge is 0.276 e. The van der Waals surface area contributed by atoms with Crippen LogP contribution in [0, 0.1) is 0 Å². The van der Waals surface area contributed by atoms with Crippen LogP contribution in [0.25, 0.3) is 0 Å². The first-order valence-electron chi connectivity index (χ1n) is 6.34. The first-order valence-corrected chi connectivity index (χ1v) is 6.34. The molecule has 0 aromatic carbocycles. The summed E-state index contributed by atoms with van der Waals surface area (Å²) >= 11 is 0. The third kappa shape index (κ3) is 2.48. The minimum atomic E-state index is -0.119. The van der Waals surface area contributed by atoms with Gasteiger partial charge in [-0.1, -0.05) is 0 Å². The third-order valence-corrected chi connectivity index (χ3v) is 3.41. The number of amides is 1. The van der Waals surface area contributed by atoms with Crippen molar-refractivity contribution >= 4 is 11.6 Å². The molecule has 1 aromatic rings. The number of piperidine rings is 1. The van der Waals surface area contributed by atoms with E-state index >= 15 is 0 Å². The van der Waals surface area contributed by atoms with Gasteiger partial charge in [-0.15, -0.1) is 0 Å². The average Bonchev–Trinajstić information content (AvgIpc) is 2.69. The second-order valence-electron chi connectivity index (χ2n) is 4.77. The SMILES string of the molecule is Cn1cc(N)c(C(=O)N2CCCCC2CCO)n1. The van der Waals surface area contributed by atoms with E-state index in [4.69, 9.17) is 10.8 Å². The molecule has 100 valence electrons. The number of aromatic nitrogens is 2. The van der Waals surface area contributed by atoms with E-state index < -0.39 is 0 Å². The number of anilines is 1. The fourth-order valence-corrected chi connectivity index (χ4v) is 2.53. The molecule has 18 heavy (non-hydrogen) atoms. The molecule has 2 heterocycles. The zero-order valence-corrected chi connectivity index (χ0v) is 10.7. The zero-order valence-electron chi connectivity index (χ0n) is 10.7. The first-order chi connectivity index (χ1) is 8.63. The average molecular weight is 252 g/mol. The highest BCUT2D eigenvalue weighted by atomic mass is 16.3. The van der Waals surface area contributed by atoms with E-state index in [-0.39, 0.29) is 18.6 Å². The number of aliphatic hydroxyl groups is 1. The molecule has 1 atom stereocenters. The van der Waals surface area contributed by atoms with Crippen LogP contribution >= 0.6 is 0 Å². The second-order valence-corrected chi connectivity index (χ2v) is 4.77. The number of carbonyl (C=O) groups is 1. The van der Waals surface area contributed by atoms with Gasteiger partial charge < -0.3 is 15.7 Å². The molecule has 0 saturated carbocycles. The molecule has 6 nitrogen and oxygen atoms in total. The maximum atomic E-state index is 12.4. The van der Waals surface area contributed by atoms with Gasteiger partial charge in [0.15, 0.2) is 5.69 Å². The normalized spacial score (nSPS) is 20.1. The van der Waals surface area contributed by atoms with Crippen molar-refractivity contribution in [1.29, 1.82) is 0 Å². The summed E-state index contributed by atoms with van der Waals surface area (Å²) in [5.74, 6) is -0.119. The lowest BCUT2D eigenvalue weighted by Gasteiger charge is -2.35. The number of hydrogen-bond donors (Lipinski definition) is 2. The summed E-state index contributed by atoms with van der Waals surface area (Å²) in [6.45, 7) is 0.825. The van der Waals surface area contributed by atoms with Crippen molar-refractivity contribution in [2.75, 3.05) is 18.9 Å². The number of nitrogens with two attached hydrogens (primary N) is 1. The highest BCUT2D eigenvalue weighted by Crippen LogP contribution is 2.23. The first kappa shape index (κ1) is 12.9. The topological polar surface area (TPSA) is 84.4 Å². The molecule has 6 heteroatoms. The molecule has 1 aliphatic heterocycles. The van der Waals surface area contributed by atoms with Gasteiger partial charge in [-0.05, 0) is 25.7 Å². The van der Waals surface area contributed by atoms with Crippen LogP contribution in [0.5, 0.6) is 0 Å². The summed E-state index contributed by atoms with van der Waals surface area (Å²) in [7, 11) is 1.74. The highest BCUT2D eigenvalue weighted by Gasteiger charge is 2.29. The van der Waals surface area contributed by atoms with Gasteiger partial charge in [0.1, 0.15) is 0 Å². The van der Waals surface area contributed by atoms with Gasteiger partial charge in [-0.2, -0.15) is 5.10 Å². The maximum Gasteiger partial charge on any atom is 0.276 e. The Labute approximate surface area is 106 Å². The Hall–Kier alpha value is -1.56. The number of rotatable bonds is 3. The van der Waals surface area contributed by atoms with E-state index in [0.29, 0.717) is 17.8 Å². The number of hydrogen-bond acceptors (Lipinski definition) is 4. The molecule has 2 rings (SSSR count). The van der Waals surface area contributed by atoms with Crippen molar-refractivity contribution in [2.24, 2.45) is 7.05 Å². The van der Waals surface area contributed by atoms with Crippen molar-refractivity contribution in [3.63, 3.8) is 0 Å². The van der Waals surface area contributed by atoms with Gasteiger partial charge in [0, 0.05) is 32.4 Å². The van der Waals surface area contributed by atoms with Gasteiger partial charge in [0.25, 0.3) is 5.91 Å². The maximum absolute atomic E-state index is 12.4. The molecular weight excluding hydrogens is 232 g/mol. The zero-order chi connectivity index (χ0) is 13.1. The van der Waals surface area contributed by atoms with Crippen LogP contribution in [-0.2, 0) is 7.05 Å². The molecule has 0 radical (unpaired) electrons. The van der Waals surface area contributed by atoms with Gasteiger partial charge in [-0.25, -0.2) is 0 Å². The van der Waals surface area contributed by atoms with Crippen LogP contribution in [0.2, 0.25) is 0 Å². The van der Waals surface area contributed by atoms with Crippen LogP contribution in [-0.4, -0.2) is 44.9 Å². The molecule has 1 unspecified atom stereocenters. The minimum absolute atomic E-state index is 0.103. The van der Waals surface area contributed by atoms with Crippen LogP contribution in [0.4, 0.5) is 5.69 Å². The lowest BCUT2D eigenvalue weighted by molar-refractivity contribution is 0.0569. The molecule has 1 aliphatic rings. The van der Waals surface area contributed by atoms with Crippen molar-refractivity contribution in [1.82, 2.24) is 14.7 Å². The van der Waals surface area contributed by atoms with Crippen LogP contribution < -0.4 is 5.73 Å². The number of aliphatic hydroxyl groups excluding tert-OH is 1. The molecule has 0 aliphatic carbocycles. The monoisotopic (exact) mass is 252 g/mol. The Kier molecular flexibility index (Phi) is 3.86. The van der Waals surface area contributed by atoms with Gasteiger partial charge in [0.2, 0.25) is 0 Å². The summed E-state index contributed by atoms with van der Waals surface area (Å²) in [5.41, 5.74) is 6.52. The number of likely N-dealkylation sites (tertiary alicyclic amines) is 1. The van der Waals surface area contributed by atoms with Gasteiger partial charge in [0.05, 0.1) is 5.69 Å². The Morgan fingerprint density at radius 3 is 3.00 bits per heavy atom. The summed E-state index contributed by atoms with van der Waals surface area (Å²) in [6.07, 6.45) is 5.31. The second kappa shape index (κ2) is 5.39. The molecule has 0 bridgehead atoms. The molecule has 1 amide bonds. The van der Waals surface area contributed by atoms with Crippen LogP contribution in [0.3, 0.4) is 0 Å². The Balaban J connectivity index is 2.18.